The third-order valence-electron chi connectivity index (χ3n) is 24.7. The lowest BCUT2D eigenvalue weighted by atomic mass is 9.85. The van der Waals surface area contributed by atoms with Crippen LogP contribution in [0.3, 0.4) is 0 Å². The zero-order valence-electron chi connectivity index (χ0n) is 75.0. The van der Waals surface area contributed by atoms with Gasteiger partial charge >= 0.3 is 0 Å². The number of fused-ring (bicyclic) bond motifs is 3. The van der Waals surface area contributed by atoms with Crippen LogP contribution in [-0.2, 0) is 16.2 Å². The van der Waals surface area contributed by atoms with E-state index in [1.54, 1.807) is 0 Å². The van der Waals surface area contributed by atoms with Gasteiger partial charge in [-0.3, -0.25) is 0 Å². The summed E-state index contributed by atoms with van der Waals surface area (Å²) in [6.45, 7) is 20.4. The summed E-state index contributed by atoms with van der Waals surface area (Å²) in [7, 11) is 0. The van der Waals surface area contributed by atoms with Crippen LogP contribution in [0.4, 0.5) is 51.2 Å². The number of benzene rings is 20. The summed E-state index contributed by atoms with van der Waals surface area (Å²) in [4.78, 5) is 6.99. The molecule has 0 saturated heterocycles. The summed E-state index contributed by atoms with van der Waals surface area (Å²) in [5, 5.41) is 7.61. The molecule has 0 aliphatic carbocycles. The minimum absolute atomic E-state index is 0.108. The Balaban J connectivity index is 0.000000131. The van der Waals surface area contributed by atoms with Gasteiger partial charge in [-0.1, -0.05) is 438 Å². The molecule has 0 heterocycles. The van der Waals surface area contributed by atoms with E-state index in [0.29, 0.717) is 0 Å². The second-order valence-corrected chi connectivity index (χ2v) is 36.5. The molecule has 0 bridgehead atoms. The molecule has 0 saturated carbocycles. The Bertz CT molecular complexity index is 7170. The van der Waals surface area contributed by atoms with Crippen molar-refractivity contribution in [3.8, 4) is 89.0 Å². The molecule has 20 aromatic rings. The van der Waals surface area contributed by atoms with Crippen LogP contribution in [0.2, 0.25) is 0 Å². The Kier molecular flexibility index (Phi) is 24.5. The second kappa shape index (κ2) is 37.4. The molecular formula is C126H107N3. The zero-order valence-corrected chi connectivity index (χ0v) is 75.0. The van der Waals surface area contributed by atoms with Gasteiger partial charge < -0.3 is 14.7 Å². The third kappa shape index (κ3) is 19.2. The maximum absolute atomic E-state index is 2.34. The first kappa shape index (κ1) is 84.4. The Hall–Kier alpha value is -15.4. The number of rotatable bonds is 17. The lowest BCUT2D eigenvalue weighted by Gasteiger charge is -2.26. The van der Waals surface area contributed by atoms with Gasteiger partial charge in [0.1, 0.15) is 0 Å². The van der Waals surface area contributed by atoms with Crippen LogP contribution in [-0.4, -0.2) is 0 Å². The fourth-order valence-corrected chi connectivity index (χ4v) is 17.5. The summed E-state index contributed by atoms with van der Waals surface area (Å²) in [6, 6.07) is 175. The van der Waals surface area contributed by atoms with Crippen LogP contribution in [0.15, 0.2) is 485 Å². The predicted octanol–water partition coefficient (Wildman–Crippen LogP) is 36.2. The first-order valence-corrected chi connectivity index (χ1v) is 45.0. The van der Waals surface area contributed by atoms with Crippen molar-refractivity contribution in [3.05, 3.63) is 502 Å². The summed E-state index contributed by atoms with van der Waals surface area (Å²) in [5.74, 6) is 0. The molecule has 20 aromatic carbocycles. The van der Waals surface area contributed by atoms with E-state index in [1.807, 2.05) is 0 Å². The van der Waals surface area contributed by atoms with Gasteiger partial charge in [0.25, 0.3) is 0 Å². The quantitative estimate of drug-likeness (QED) is 0.0900. The van der Waals surface area contributed by atoms with Crippen molar-refractivity contribution in [2.45, 2.75) is 78.6 Å². The summed E-state index contributed by atoms with van der Waals surface area (Å²) in [6.07, 6.45) is 0. The minimum atomic E-state index is 0.108. The molecule has 0 N–H and O–H groups in total. The Labute approximate surface area is 762 Å². The average molecular weight is 1660 g/mol. The van der Waals surface area contributed by atoms with Crippen LogP contribution >= 0.6 is 0 Å². The predicted molar refractivity (Wildman–Crippen MR) is 555 cm³/mol. The standard InChI is InChI=1S/2C44H37N.C38H33N/c1-44(2,3)38-14-9-13-37(31-38)34-25-29-41(30-26-34)45(39-15-5-4-6-16-39)40-27-23-33(24-28-40)32-19-21-36(22-20-32)43-18-10-12-35-11-7-8-17-42(35)43;1-44(2,3)38-16-9-15-37(31-38)34-21-27-40(28-22-34)45(39-25-19-33(20-26-39)32-11-5-4-6-12-32)41-29-23-36(24-30-41)43-18-10-14-35-13-7-8-17-42(35)43;1-38(2,3)32-14-9-13-31(27-32)28-19-23-34(24-20-28)39(33-15-5-4-6-16-33)35-25-21-30(22-26-35)37-18-10-12-29-11-7-8-17-36(29)37/h2*4-31H,1-3H3;4-27H,1-3H3. The van der Waals surface area contributed by atoms with E-state index in [1.165, 1.54) is 138 Å². The van der Waals surface area contributed by atoms with E-state index in [0.717, 1.165) is 51.2 Å². The minimum Gasteiger partial charge on any atom is -0.311 e. The van der Waals surface area contributed by atoms with Crippen molar-refractivity contribution in [1.82, 2.24) is 0 Å². The molecule has 0 radical (unpaired) electrons. The van der Waals surface area contributed by atoms with Gasteiger partial charge in [-0.15, -0.1) is 0 Å². The monoisotopic (exact) mass is 1660 g/mol. The highest BCUT2D eigenvalue weighted by Crippen LogP contribution is 2.44. The highest BCUT2D eigenvalue weighted by atomic mass is 15.2. The molecule has 626 valence electrons. The lowest BCUT2D eigenvalue weighted by molar-refractivity contribution is 0.590. The molecule has 0 atom stereocenters. The highest BCUT2D eigenvalue weighted by molar-refractivity contribution is 6.00. The molecule has 0 aliphatic heterocycles. The summed E-state index contributed by atoms with van der Waals surface area (Å²) in [5.41, 5.74) is 34.2. The third-order valence-corrected chi connectivity index (χ3v) is 24.7. The summed E-state index contributed by atoms with van der Waals surface area (Å²) < 4.78 is 0. The van der Waals surface area contributed by atoms with Crippen molar-refractivity contribution in [2.24, 2.45) is 0 Å². The highest BCUT2D eigenvalue weighted by Gasteiger charge is 2.22. The van der Waals surface area contributed by atoms with E-state index in [2.05, 4.69) is 562 Å². The van der Waals surface area contributed by atoms with E-state index in [-0.39, 0.29) is 16.2 Å². The molecular weight excluding hydrogens is 1560 g/mol. The SMILES string of the molecule is CC(C)(C)c1cccc(-c2ccc(N(c3ccc(-c4ccccc4)cc3)c3ccc(-c4cccc5ccccc45)cc3)cc2)c1.CC(C)(C)c1cccc(-c2ccc(N(c3ccccc3)c3ccc(-c4ccc(-c5cccc6ccccc56)cc4)cc3)cc2)c1.CC(C)(C)c1cccc(-c2ccc(N(c3ccccc3)c3ccc(-c4cccc5ccccc45)cc3)cc2)c1. The molecule has 20 rings (SSSR count). The number of anilines is 9. The zero-order chi connectivity index (χ0) is 88.4. The van der Waals surface area contributed by atoms with Crippen LogP contribution < -0.4 is 14.7 Å². The van der Waals surface area contributed by atoms with Gasteiger partial charge in [-0.25, -0.2) is 0 Å². The van der Waals surface area contributed by atoms with E-state index in [9.17, 15) is 0 Å². The molecule has 0 aliphatic rings. The van der Waals surface area contributed by atoms with Crippen molar-refractivity contribution < 1.29 is 0 Å². The van der Waals surface area contributed by atoms with Gasteiger partial charge in [0.05, 0.1) is 0 Å². The molecule has 0 unspecified atom stereocenters. The van der Waals surface area contributed by atoms with Crippen molar-refractivity contribution in [2.75, 3.05) is 14.7 Å². The molecule has 3 heteroatoms. The van der Waals surface area contributed by atoms with Gasteiger partial charge in [0, 0.05) is 51.2 Å². The van der Waals surface area contributed by atoms with Crippen LogP contribution in [0.1, 0.15) is 79.0 Å². The lowest BCUT2D eigenvalue weighted by Crippen LogP contribution is -2.11. The molecule has 0 amide bonds. The molecule has 129 heavy (non-hydrogen) atoms. The second-order valence-electron chi connectivity index (χ2n) is 36.5. The van der Waals surface area contributed by atoms with Gasteiger partial charge in [-0.05, 0) is 263 Å². The first-order chi connectivity index (χ1) is 62.8. The smallest absolute Gasteiger partial charge is 0.0462 e. The number of hydrogen-bond acceptors (Lipinski definition) is 3. The van der Waals surface area contributed by atoms with Crippen molar-refractivity contribution >= 4 is 83.5 Å². The van der Waals surface area contributed by atoms with Crippen molar-refractivity contribution in [1.29, 1.82) is 0 Å². The topological polar surface area (TPSA) is 9.72 Å². The van der Waals surface area contributed by atoms with E-state index in [4.69, 9.17) is 0 Å². The Morgan fingerprint density at radius 1 is 0.132 bits per heavy atom. The maximum Gasteiger partial charge on any atom is 0.0462 e. The fourth-order valence-electron chi connectivity index (χ4n) is 17.5. The van der Waals surface area contributed by atoms with Gasteiger partial charge in [0.2, 0.25) is 0 Å². The number of para-hydroxylation sites is 2. The van der Waals surface area contributed by atoms with Gasteiger partial charge in [0.15, 0.2) is 0 Å². The first-order valence-electron chi connectivity index (χ1n) is 45.0. The van der Waals surface area contributed by atoms with E-state index < -0.39 is 0 Å². The Morgan fingerprint density at radius 2 is 0.302 bits per heavy atom. The molecule has 0 aromatic heterocycles. The Morgan fingerprint density at radius 3 is 0.558 bits per heavy atom. The van der Waals surface area contributed by atoms with E-state index >= 15 is 0 Å². The molecule has 0 spiro atoms. The maximum atomic E-state index is 2.34. The molecule has 0 fully saturated rings. The largest absolute Gasteiger partial charge is 0.311 e. The van der Waals surface area contributed by atoms with Gasteiger partial charge in [-0.2, -0.15) is 0 Å². The summed E-state index contributed by atoms with van der Waals surface area (Å²) >= 11 is 0. The van der Waals surface area contributed by atoms with Crippen LogP contribution in [0.5, 0.6) is 0 Å². The van der Waals surface area contributed by atoms with Crippen molar-refractivity contribution in [3.63, 3.8) is 0 Å². The number of hydrogen-bond donors (Lipinski definition) is 0. The number of nitrogens with zero attached hydrogens (tertiary/aromatic N) is 3. The molecule has 3 nitrogen and oxygen atoms in total. The normalized spacial score (nSPS) is 11.4. The van der Waals surface area contributed by atoms with Crippen LogP contribution in [0, 0.1) is 0 Å². The fraction of sp³-hybridized carbons (Fsp3) is 0.0952. The van der Waals surface area contributed by atoms with Crippen LogP contribution in [0.25, 0.3) is 121 Å². The average Bonchev–Trinajstić information content (AvgIpc) is 0.791.